The zero-order valence-corrected chi connectivity index (χ0v) is 17.2. The minimum atomic E-state index is -0.558. The molecule has 0 unspecified atom stereocenters. The number of carbonyl (C=O) groups excluding carboxylic acids is 2. The van der Waals surface area contributed by atoms with Crippen molar-refractivity contribution in [2.45, 2.75) is 0 Å². The fourth-order valence-electron chi connectivity index (χ4n) is 2.94. The van der Waals surface area contributed by atoms with Gasteiger partial charge >= 0.3 is 5.97 Å². The maximum atomic E-state index is 12.5. The summed E-state index contributed by atoms with van der Waals surface area (Å²) in [6, 6.07) is 16.5. The van der Waals surface area contributed by atoms with Gasteiger partial charge in [0.25, 0.3) is 0 Å². The molecule has 156 valence electrons. The summed E-state index contributed by atoms with van der Waals surface area (Å²) in [7, 11) is 1.47. The normalized spacial score (nSPS) is 12.1. The smallest absolute Gasteiger partial charge is 0.343 e. The lowest BCUT2D eigenvalue weighted by atomic mass is 10.1. The van der Waals surface area contributed by atoms with E-state index in [0.29, 0.717) is 39.0 Å². The van der Waals surface area contributed by atoms with Gasteiger partial charge in [-0.15, -0.1) is 0 Å². The quantitative estimate of drug-likeness (QED) is 0.229. The molecule has 0 N–H and O–H groups in total. The van der Waals surface area contributed by atoms with E-state index in [9.17, 15) is 9.59 Å². The Hall–Kier alpha value is -3.77. The number of esters is 1. The van der Waals surface area contributed by atoms with E-state index in [4.69, 9.17) is 30.5 Å². The van der Waals surface area contributed by atoms with Crippen LogP contribution < -0.4 is 18.9 Å². The highest BCUT2D eigenvalue weighted by Gasteiger charge is 2.18. The van der Waals surface area contributed by atoms with E-state index in [1.165, 1.54) is 13.2 Å². The van der Waals surface area contributed by atoms with Crippen molar-refractivity contribution in [3.8, 4) is 23.0 Å². The van der Waals surface area contributed by atoms with Crippen molar-refractivity contribution in [2.75, 3.05) is 13.9 Å². The van der Waals surface area contributed by atoms with Crippen molar-refractivity contribution < 1.29 is 28.5 Å². The maximum Gasteiger partial charge on any atom is 0.343 e. The van der Waals surface area contributed by atoms with Crippen molar-refractivity contribution in [3.05, 3.63) is 88.5 Å². The zero-order chi connectivity index (χ0) is 21.8. The van der Waals surface area contributed by atoms with Gasteiger partial charge < -0.3 is 18.9 Å². The van der Waals surface area contributed by atoms with Crippen LogP contribution in [-0.4, -0.2) is 25.7 Å². The van der Waals surface area contributed by atoms with Gasteiger partial charge in [-0.3, -0.25) is 4.79 Å². The van der Waals surface area contributed by atoms with Gasteiger partial charge in [-0.05, 0) is 66.2 Å². The van der Waals surface area contributed by atoms with E-state index in [2.05, 4.69) is 0 Å². The first kappa shape index (κ1) is 20.5. The Morgan fingerprint density at radius 1 is 0.903 bits per heavy atom. The van der Waals surface area contributed by atoms with Crippen LogP contribution in [0.15, 0.2) is 66.7 Å². The van der Waals surface area contributed by atoms with Gasteiger partial charge in [0.15, 0.2) is 28.8 Å². The van der Waals surface area contributed by atoms with Crippen LogP contribution in [0.5, 0.6) is 23.0 Å². The third-order valence-corrected chi connectivity index (χ3v) is 4.81. The standard InChI is InChI=1S/C24H17ClO6/c1-28-22-12-15(2-9-19(26)16-4-7-18(25)8-5-16)3-10-21(22)31-24(27)17-6-11-20-23(13-17)30-14-29-20/h2-13H,14H2,1H3/b9-2+. The van der Waals surface area contributed by atoms with E-state index in [-0.39, 0.29) is 18.3 Å². The highest BCUT2D eigenvalue weighted by molar-refractivity contribution is 6.30. The molecule has 3 aromatic carbocycles. The van der Waals surface area contributed by atoms with Crippen LogP contribution in [0.25, 0.3) is 6.08 Å². The number of ketones is 1. The molecule has 0 radical (unpaired) electrons. The van der Waals surface area contributed by atoms with Crippen molar-refractivity contribution in [1.82, 2.24) is 0 Å². The van der Waals surface area contributed by atoms with E-state index < -0.39 is 5.97 Å². The zero-order valence-electron chi connectivity index (χ0n) is 16.5. The summed E-state index contributed by atoms with van der Waals surface area (Å²) in [5.74, 6) is 0.971. The second-order valence-corrected chi connectivity index (χ2v) is 7.01. The number of methoxy groups -OCH3 is 1. The fourth-order valence-corrected chi connectivity index (χ4v) is 3.06. The van der Waals surface area contributed by atoms with Crippen LogP contribution in [0, 0.1) is 0 Å². The summed E-state index contributed by atoms with van der Waals surface area (Å²) < 4.78 is 21.4. The first-order valence-electron chi connectivity index (χ1n) is 9.31. The Morgan fingerprint density at radius 3 is 2.42 bits per heavy atom. The molecule has 0 aromatic heterocycles. The maximum absolute atomic E-state index is 12.5. The molecule has 1 aliphatic rings. The van der Waals surface area contributed by atoms with Crippen LogP contribution in [-0.2, 0) is 0 Å². The number of carbonyl (C=O) groups is 2. The van der Waals surface area contributed by atoms with Gasteiger partial charge in [0.2, 0.25) is 6.79 Å². The summed E-state index contributed by atoms with van der Waals surface area (Å²) in [5, 5.41) is 0.566. The van der Waals surface area contributed by atoms with Crippen LogP contribution in [0.1, 0.15) is 26.3 Å². The number of halogens is 1. The number of ether oxygens (including phenoxy) is 4. The predicted molar refractivity (Wildman–Crippen MR) is 115 cm³/mol. The molecule has 6 nitrogen and oxygen atoms in total. The van der Waals surface area contributed by atoms with Crippen molar-refractivity contribution in [1.29, 1.82) is 0 Å². The molecule has 0 atom stereocenters. The van der Waals surface area contributed by atoms with E-state index in [1.807, 2.05) is 0 Å². The molecular formula is C24H17ClO6. The molecule has 0 fully saturated rings. The van der Waals surface area contributed by atoms with Crippen LogP contribution in [0.4, 0.5) is 0 Å². The van der Waals surface area contributed by atoms with Gasteiger partial charge in [0.05, 0.1) is 12.7 Å². The Balaban J connectivity index is 1.48. The molecule has 1 heterocycles. The van der Waals surface area contributed by atoms with Crippen molar-refractivity contribution in [3.63, 3.8) is 0 Å². The first-order valence-corrected chi connectivity index (χ1v) is 9.69. The topological polar surface area (TPSA) is 71.1 Å². The molecule has 0 bridgehead atoms. The van der Waals surface area contributed by atoms with Gasteiger partial charge in [0, 0.05) is 10.6 Å². The van der Waals surface area contributed by atoms with E-state index >= 15 is 0 Å². The third-order valence-electron chi connectivity index (χ3n) is 4.55. The number of rotatable bonds is 6. The minimum Gasteiger partial charge on any atom is -0.493 e. The van der Waals surface area contributed by atoms with Gasteiger partial charge in [0.1, 0.15) is 0 Å². The summed E-state index contributed by atoms with van der Waals surface area (Å²) in [6.07, 6.45) is 3.11. The van der Waals surface area contributed by atoms with Gasteiger partial charge in [-0.1, -0.05) is 23.7 Å². The van der Waals surface area contributed by atoms with Crippen LogP contribution in [0.3, 0.4) is 0 Å². The highest BCUT2D eigenvalue weighted by Crippen LogP contribution is 2.34. The monoisotopic (exact) mass is 436 g/mol. The Labute approximate surface area is 183 Å². The van der Waals surface area contributed by atoms with Gasteiger partial charge in [-0.2, -0.15) is 0 Å². The largest absolute Gasteiger partial charge is 0.493 e. The second kappa shape index (κ2) is 8.93. The summed E-state index contributed by atoms with van der Waals surface area (Å²) in [4.78, 5) is 24.8. The molecule has 0 saturated heterocycles. The molecule has 3 aromatic rings. The molecule has 0 spiro atoms. The van der Waals surface area contributed by atoms with Gasteiger partial charge in [-0.25, -0.2) is 4.79 Å². The minimum absolute atomic E-state index is 0.122. The molecule has 0 aliphatic carbocycles. The lowest BCUT2D eigenvalue weighted by molar-refractivity contribution is 0.0729. The van der Waals surface area contributed by atoms with Crippen LogP contribution in [0.2, 0.25) is 5.02 Å². The summed E-state index contributed by atoms with van der Waals surface area (Å²) >= 11 is 5.85. The van der Waals surface area contributed by atoms with E-state index in [1.54, 1.807) is 66.7 Å². The average Bonchev–Trinajstić information content (AvgIpc) is 3.26. The molecule has 7 heteroatoms. The Morgan fingerprint density at radius 2 is 1.65 bits per heavy atom. The SMILES string of the molecule is COc1cc(/C=C/C(=O)c2ccc(Cl)cc2)ccc1OC(=O)c1ccc2c(c1)OCO2. The number of fused-ring (bicyclic) bond motifs is 1. The third kappa shape index (κ3) is 4.70. The molecule has 0 amide bonds. The van der Waals surface area contributed by atoms with Crippen LogP contribution >= 0.6 is 11.6 Å². The molecule has 1 aliphatic heterocycles. The lowest BCUT2D eigenvalue weighted by Gasteiger charge is -2.10. The summed E-state index contributed by atoms with van der Waals surface area (Å²) in [6.45, 7) is 0.122. The number of hydrogen-bond donors (Lipinski definition) is 0. The predicted octanol–water partition coefficient (Wildman–Crippen LogP) is 5.19. The molecule has 4 rings (SSSR count). The highest BCUT2D eigenvalue weighted by atomic mass is 35.5. The fraction of sp³-hybridized carbons (Fsp3) is 0.0833. The molecular weight excluding hydrogens is 420 g/mol. The lowest BCUT2D eigenvalue weighted by Crippen LogP contribution is -2.09. The average molecular weight is 437 g/mol. The first-order chi connectivity index (χ1) is 15.0. The number of allylic oxidation sites excluding steroid dienone is 1. The molecule has 31 heavy (non-hydrogen) atoms. The number of hydrogen-bond acceptors (Lipinski definition) is 6. The van der Waals surface area contributed by atoms with E-state index in [0.717, 1.165) is 0 Å². The Bertz CT molecular complexity index is 1170. The second-order valence-electron chi connectivity index (χ2n) is 6.57. The van der Waals surface area contributed by atoms with Crippen molar-refractivity contribution in [2.24, 2.45) is 0 Å². The van der Waals surface area contributed by atoms with Crippen molar-refractivity contribution >= 4 is 29.4 Å². The summed E-state index contributed by atoms with van der Waals surface area (Å²) in [5.41, 5.74) is 1.56. The Kier molecular flexibility index (Phi) is 5.91. The molecule has 0 saturated carbocycles. The number of benzene rings is 3.